The molecule has 2 nitrogen and oxygen atoms in total. The molecule has 72 valence electrons. The molecule has 0 aliphatic heterocycles. The second-order valence-electron chi connectivity index (χ2n) is 2.87. The van der Waals surface area contributed by atoms with Gasteiger partial charge >= 0.3 is 0 Å². The van der Waals surface area contributed by atoms with Crippen molar-refractivity contribution in [1.29, 1.82) is 0 Å². The van der Waals surface area contributed by atoms with Crippen LogP contribution in [0.5, 0.6) is 0 Å². The van der Waals surface area contributed by atoms with E-state index in [2.05, 4.69) is 15.9 Å². The lowest BCUT2D eigenvalue weighted by Crippen LogP contribution is -2.21. The van der Waals surface area contributed by atoms with Crippen LogP contribution in [0.25, 0.3) is 0 Å². The van der Waals surface area contributed by atoms with Crippen LogP contribution in [0.2, 0.25) is 0 Å². The Morgan fingerprint density at radius 1 is 1.46 bits per heavy atom. The minimum absolute atomic E-state index is 0.189. The normalized spacial score (nSPS) is 12.9. The molecule has 0 aliphatic carbocycles. The van der Waals surface area contributed by atoms with E-state index in [-0.39, 0.29) is 12.4 Å². The Kier molecular flexibility index (Phi) is 3.84. The third-order valence-corrected chi connectivity index (χ3v) is 2.12. The Bertz CT molecular complexity index is 273. The molecule has 4 heteroatoms. The number of hydrogen-bond donors (Lipinski definition) is 2. The van der Waals surface area contributed by atoms with Gasteiger partial charge in [-0.15, -0.1) is 0 Å². The van der Waals surface area contributed by atoms with Gasteiger partial charge in [-0.2, -0.15) is 0 Å². The molecule has 1 aromatic carbocycles. The summed E-state index contributed by atoms with van der Waals surface area (Å²) in [5.41, 5.74) is 5.98. The Balaban J connectivity index is 2.77. The van der Waals surface area contributed by atoms with Gasteiger partial charge in [-0.05, 0) is 30.2 Å². The van der Waals surface area contributed by atoms with Crippen molar-refractivity contribution in [2.24, 2.45) is 5.73 Å². The third-order valence-electron chi connectivity index (χ3n) is 1.67. The van der Waals surface area contributed by atoms with Crippen molar-refractivity contribution in [3.05, 3.63) is 34.1 Å². The predicted octanol–water partition coefficient (Wildman–Crippen LogP) is 1.45. The smallest absolute Gasteiger partial charge is 0.124 e. The minimum atomic E-state index is -0.603. The molecule has 1 unspecified atom stereocenters. The zero-order valence-electron chi connectivity index (χ0n) is 7.00. The fourth-order valence-corrected chi connectivity index (χ4v) is 1.60. The largest absolute Gasteiger partial charge is 0.391 e. The molecule has 1 atom stereocenters. The van der Waals surface area contributed by atoms with Crippen LogP contribution >= 0.6 is 15.9 Å². The van der Waals surface area contributed by atoms with Crippen LogP contribution in [0.4, 0.5) is 4.39 Å². The van der Waals surface area contributed by atoms with Crippen molar-refractivity contribution < 1.29 is 9.50 Å². The van der Waals surface area contributed by atoms with Gasteiger partial charge in [-0.1, -0.05) is 15.9 Å². The fraction of sp³-hybridized carbons (Fsp3) is 0.333. The summed E-state index contributed by atoms with van der Waals surface area (Å²) < 4.78 is 13.5. The van der Waals surface area contributed by atoms with E-state index in [0.29, 0.717) is 10.9 Å². The van der Waals surface area contributed by atoms with E-state index in [1.807, 2.05) is 0 Å². The van der Waals surface area contributed by atoms with Crippen LogP contribution in [0, 0.1) is 5.82 Å². The van der Waals surface area contributed by atoms with Gasteiger partial charge in [0, 0.05) is 11.0 Å². The van der Waals surface area contributed by atoms with Crippen LogP contribution in [0.3, 0.4) is 0 Å². The van der Waals surface area contributed by atoms with Crippen molar-refractivity contribution in [2.75, 3.05) is 6.54 Å². The molecule has 0 radical (unpaired) electrons. The molecule has 0 heterocycles. The summed E-state index contributed by atoms with van der Waals surface area (Å²) in [5, 5.41) is 9.23. The number of rotatable bonds is 3. The zero-order valence-corrected chi connectivity index (χ0v) is 8.59. The highest BCUT2D eigenvalue weighted by molar-refractivity contribution is 9.10. The highest BCUT2D eigenvalue weighted by Crippen LogP contribution is 2.15. The van der Waals surface area contributed by atoms with E-state index in [9.17, 15) is 9.50 Å². The van der Waals surface area contributed by atoms with Crippen LogP contribution in [0.15, 0.2) is 22.7 Å². The number of nitrogens with two attached hydrogens (primary N) is 1. The van der Waals surface area contributed by atoms with Crippen molar-refractivity contribution in [2.45, 2.75) is 12.5 Å². The lowest BCUT2D eigenvalue weighted by molar-refractivity contribution is 0.183. The molecule has 0 amide bonds. The molecule has 0 bridgehead atoms. The number of hydrogen-bond acceptors (Lipinski definition) is 2. The summed E-state index contributed by atoms with van der Waals surface area (Å²) in [5.74, 6) is -0.311. The lowest BCUT2D eigenvalue weighted by Gasteiger charge is -2.07. The van der Waals surface area contributed by atoms with Gasteiger partial charge in [0.2, 0.25) is 0 Å². The molecule has 0 aromatic heterocycles. The SMILES string of the molecule is NCC(O)Cc1cc(F)cc(Br)c1. The van der Waals surface area contributed by atoms with Gasteiger partial charge in [-0.25, -0.2) is 4.39 Å². The first-order valence-corrected chi connectivity index (χ1v) is 4.74. The molecule has 13 heavy (non-hydrogen) atoms. The average molecular weight is 248 g/mol. The van der Waals surface area contributed by atoms with E-state index in [0.717, 1.165) is 5.56 Å². The predicted molar refractivity (Wildman–Crippen MR) is 52.9 cm³/mol. The van der Waals surface area contributed by atoms with Crippen molar-refractivity contribution in [3.8, 4) is 0 Å². The Hall–Kier alpha value is -0.450. The molecule has 3 N–H and O–H groups in total. The molecule has 0 saturated carbocycles. The van der Waals surface area contributed by atoms with Gasteiger partial charge in [-0.3, -0.25) is 0 Å². The third kappa shape index (κ3) is 3.42. The Morgan fingerprint density at radius 2 is 2.15 bits per heavy atom. The van der Waals surface area contributed by atoms with Crippen LogP contribution in [-0.4, -0.2) is 17.8 Å². The first-order valence-electron chi connectivity index (χ1n) is 3.95. The van der Waals surface area contributed by atoms with E-state index in [1.165, 1.54) is 12.1 Å². The van der Waals surface area contributed by atoms with Crippen LogP contribution < -0.4 is 5.73 Å². The standard InChI is InChI=1S/C9H11BrFNO/c10-7-1-6(2-8(11)4-7)3-9(13)5-12/h1-2,4,9,13H,3,5,12H2. The lowest BCUT2D eigenvalue weighted by atomic mass is 10.1. The van der Waals surface area contributed by atoms with E-state index >= 15 is 0 Å². The van der Waals surface area contributed by atoms with E-state index in [4.69, 9.17) is 5.73 Å². The van der Waals surface area contributed by atoms with Crippen molar-refractivity contribution in [3.63, 3.8) is 0 Å². The average Bonchev–Trinajstić information content (AvgIpc) is 2.02. The molecule has 0 aliphatic rings. The molecule has 1 rings (SSSR count). The number of aliphatic hydroxyl groups is 1. The summed E-state index contributed by atoms with van der Waals surface area (Å²) >= 11 is 3.17. The number of benzene rings is 1. The van der Waals surface area contributed by atoms with Gasteiger partial charge < -0.3 is 10.8 Å². The highest BCUT2D eigenvalue weighted by atomic mass is 79.9. The van der Waals surface area contributed by atoms with E-state index in [1.54, 1.807) is 6.07 Å². The van der Waals surface area contributed by atoms with Gasteiger partial charge in [0.05, 0.1) is 6.10 Å². The first kappa shape index (κ1) is 10.6. The first-order chi connectivity index (χ1) is 6.11. The quantitative estimate of drug-likeness (QED) is 0.850. The molecule has 1 aromatic rings. The van der Waals surface area contributed by atoms with Crippen molar-refractivity contribution in [1.82, 2.24) is 0 Å². The minimum Gasteiger partial charge on any atom is -0.391 e. The zero-order chi connectivity index (χ0) is 9.84. The van der Waals surface area contributed by atoms with Gasteiger partial charge in [0.15, 0.2) is 0 Å². The molecule has 0 fully saturated rings. The second-order valence-corrected chi connectivity index (χ2v) is 3.79. The molecular formula is C9H11BrFNO. The topological polar surface area (TPSA) is 46.2 Å². The van der Waals surface area contributed by atoms with Gasteiger partial charge in [0.25, 0.3) is 0 Å². The summed E-state index contributed by atoms with van der Waals surface area (Å²) in [7, 11) is 0. The van der Waals surface area contributed by atoms with Gasteiger partial charge in [0.1, 0.15) is 5.82 Å². The Labute approximate surface area is 84.7 Å². The summed E-state index contributed by atoms with van der Waals surface area (Å²) in [6, 6.07) is 4.53. The fourth-order valence-electron chi connectivity index (χ4n) is 1.08. The molecular weight excluding hydrogens is 237 g/mol. The highest BCUT2D eigenvalue weighted by Gasteiger charge is 2.04. The second kappa shape index (κ2) is 4.69. The number of halogens is 2. The van der Waals surface area contributed by atoms with Crippen LogP contribution in [0.1, 0.15) is 5.56 Å². The maximum atomic E-state index is 12.8. The summed E-state index contributed by atoms with van der Waals surface area (Å²) in [6.45, 7) is 0.189. The Morgan fingerprint density at radius 3 is 2.69 bits per heavy atom. The number of aliphatic hydroxyl groups excluding tert-OH is 1. The van der Waals surface area contributed by atoms with Crippen LogP contribution in [-0.2, 0) is 6.42 Å². The maximum Gasteiger partial charge on any atom is 0.124 e. The molecule has 0 spiro atoms. The monoisotopic (exact) mass is 247 g/mol. The summed E-state index contributed by atoms with van der Waals surface area (Å²) in [4.78, 5) is 0. The van der Waals surface area contributed by atoms with E-state index < -0.39 is 6.10 Å². The maximum absolute atomic E-state index is 12.8. The summed E-state index contributed by atoms with van der Waals surface area (Å²) in [6.07, 6.45) is -0.221. The molecule has 0 saturated heterocycles. The van der Waals surface area contributed by atoms with Crippen molar-refractivity contribution >= 4 is 15.9 Å².